The summed E-state index contributed by atoms with van der Waals surface area (Å²) in [7, 11) is 3.43. The molecular weight excluding hydrogens is 606 g/mol. The summed E-state index contributed by atoms with van der Waals surface area (Å²) in [5.74, 6) is -1.34. The molecule has 1 aliphatic rings. The van der Waals surface area contributed by atoms with Crippen LogP contribution < -0.4 is 21.3 Å². The Morgan fingerprint density at radius 1 is 0.795 bits per heavy atom. The van der Waals surface area contributed by atoms with Gasteiger partial charge in [0.2, 0.25) is 0 Å². The molecule has 1 aromatic carbocycles. The maximum Gasteiger partial charge on any atom is 0.272 e. The fourth-order valence-electron chi connectivity index (χ4n) is 4.71. The highest BCUT2D eigenvalue weighted by Crippen LogP contribution is 2.24. The largest absolute Gasteiger partial charge is 0.379 e. The average Bonchev–Trinajstić information content (AvgIpc) is 3.71. The Kier molecular flexibility index (Phi) is 9.80. The van der Waals surface area contributed by atoms with E-state index in [9.17, 15) is 19.2 Å². The van der Waals surface area contributed by atoms with Crippen LogP contribution in [-0.2, 0) is 18.8 Å². The second kappa shape index (κ2) is 13.9. The lowest BCUT2D eigenvalue weighted by molar-refractivity contribution is 0.0383. The van der Waals surface area contributed by atoms with Crippen LogP contribution in [0.3, 0.4) is 0 Å². The Balaban J connectivity index is 1.14. The number of nitrogens with zero attached hydrogens (tertiary/aromatic N) is 3. The van der Waals surface area contributed by atoms with Gasteiger partial charge in [-0.15, -0.1) is 11.3 Å². The number of anilines is 3. The second-order valence-electron chi connectivity index (χ2n) is 10.2. The number of morpholine rings is 1. The number of aromatic nitrogens is 2. The van der Waals surface area contributed by atoms with E-state index in [1.54, 1.807) is 83.5 Å². The van der Waals surface area contributed by atoms with Crippen LogP contribution in [0.25, 0.3) is 0 Å². The summed E-state index contributed by atoms with van der Waals surface area (Å²) in [4.78, 5) is 53.7. The number of benzene rings is 1. The van der Waals surface area contributed by atoms with E-state index in [1.807, 2.05) is 0 Å². The molecule has 12 nitrogen and oxygen atoms in total. The third-order valence-electron chi connectivity index (χ3n) is 7.04. The molecule has 4 aromatic rings. The molecule has 0 bridgehead atoms. The van der Waals surface area contributed by atoms with Gasteiger partial charge in [-0.1, -0.05) is 11.6 Å². The van der Waals surface area contributed by atoms with E-state index in [0.29, 0.717) is 63.7 Å². The minimum absolute atomic E-state index is 0.229. The van der Waals surface area contributed by atoms with Gasteiger partial charge in [0.25, 0.3) is 23.6 Å². The highest BCUT2D eigenvalue weighted by molar-refractivity contribution is 7.12. The Bertz CT molecular complexity index is 1670. The zero-order valence-electron chi connectivity index (χ0n) is 24.2. The molecule has 0 spiro atoms. The molecule has 230 valence electrons. The summed E-state index contributed by atoms with van der Waals surface area (Å²) in [6, 6.07) is 11.3. The number of halogens is 1. The van der Waals surface area contributed by atoms with Gasteiger partial charge in [-0.2, -0.15) is 0 Å². The zero-order chi connectivity index (χ0) is 31.2. The molecule has 1 saturated heterocycles. The van der Waals surface area contributed by atoms with E-state index in [1.165, 1.54) is 11.3 Å². The highest BCUT2D eigenvalue weighted by Gasteiger charge is 2.18. The molecule has 4 N–H and O–H groups in total. The van der Waals surface area contributed by atoms with Gasteiger partial charge in [-0.25, -0.2) is 0 Å². The van der Waals surface area contributed by atoms with Gasteiger partial charge in [0.15, 0.2) is 0 Å². The molecule has 4 amide bonds. The van der Waals surface area contributed by atoms with Crippen molar-refractivity contribution >= 4 is 63.6 Å². The van der Waals surface area contributed by atoms with Crippen molar-refractivity contribution in [3.63, 3.8) is 0 Å². The minimum atomic E-state index is -0.399. The van der Waals surface area contributed by atoms with Crippen LogP contribution in [-0.4, -0.2) is 77.1 Å². The predicted molar refractivity (Wildman–Crippen MR) is 170 cm³/mol. The fraction of sp³-hybridized carbons (Fsp3) is 0.267. The molecule has 4 heterocycles. The summed E-state index contributed by atoms with van der Waals surface area (Å²) in [5, 5.41) is 13.4. The SMILES string of the molecule is Cn1cc(NC(=O)c2cc(NC(=O)c3ccc(NC(=O)c4sccc4Cl)cc3)cn2C)cc1C(=O)NCCN1CCOCC1. The number of ether oxygens (including phenoxy) is 1. The number of carbonyl (C=O) groups excluding carboxylic acids is 4. The van der Waals surface area contributed by atoms with Gasteiger partial charge in [0.1, 0.15) is 16.3 Å². The number of rotatable bonds is 10. The van der Waals surface area contributed by atoms with Gasteiger partial charge in [-0.05, 0) is 47.8 Å². The average molecular weight is 638 g/mol. The molecule has 0 aliphatic carbocycles. The summed E-state index contributed by atoms with van der Waals surface area (Å²) >= 11 is 7.26. The van der Waals surface area contributed by atoms with Crippen molar-refractivity contribution in [3.05, 3.63) is 87.1 Å². The van der Waals surface area contributed by atoms with Crippen molar-refractivity contribution in [2.45, 2.75) is 0 Å². The molecule has 44 heavy (non-hydrogen) atoms. The highest BCUT2D eigenvalue weighted by atomic mass is 35.5. The molecule has 5 rings (SSSR count). The summed E-state index contributed by atoms with van der Waals surface area (Å²) in [5.41, 5.74) is 2.52. The Labute approximate surface area is 262 Å². The molecule has 1 fully saturated rings. The van der Waals surface area contributed by atoms with Crippen molar-refractivity contribution < 1.29 is 23.9 Å². The minimum Gasteiger partial charge on any atom is -0.379 e. The van der Waals surface area contributed by atoms with Crippen LogP contribution in [0.4, 0.5) is 17.1 Å². The van der Waals surface area contributed by atoms with E-state index >= 15 is 0 Å². The van der Waals surface area contributed by atoms with Crippen molar-refractivity contribution in [1.29, 1.82) is 0 Å². The lowest BCUT2D eigenvalue weighted by atomic mass is 10.2. The van der Waals surface area contributed by atoms with Gasteiger partial charge in [0.05, 0.1) is 29.6 Å². The first kappa shape index (κ1) is 31.0. The Hall–Kier alpha value is -4.43. The van der Waals surface area contributed by atoms with E-state index in [0.717, 1.165) is 19.6 Å². The first-order chi connectivity index (χ1) is 21.2. The van der Waals surface area contributed by atoms with Crippen molar-refractivity contribution in [3.8, 4) is 0 Å². The van der Waals surface area contributed by atoms with Crippen LogP contribution in [0.5, 0.6) is 0 Å². The summed E-state index contributed by atoms with van der Waals surface area (Å²) < 4.78 is 8.60. The first-order valence-electron chi connectivity index (χ1n) is 13.9. The quantitative estimate of drug-likeness (QED) is 0.208. The summed E-state index contributed by atoms with van der Waals surface area (Å²) in [6.45, 7) is 4.35. The third-order valence-corrected chi connectivity index (χ3v) is 8.38. The molecule has 3 aromatic heterocycles. The van der Waals surface area contributed by atoms with Gasteiger partial charge < -0.3 is 35.1 Å². The van der Waals surface area contributed by atoms with E-state index in [2.05, 4.69) is 26.2 Å². The van der Waals surface area contributed by atoms with Crippen LogP contribution >= 0.6 is 22.9 Å². The van der Waals surface area contributed by atoms with Crippen molar-refractivity contribution in [2.75, 3.05) is 55.3 Å². The lowest BCUT2D eigenvalue weighted by Gasteiger charge is -2.26. The zero-order valence-corrected chi connectivity index (χ0v) is 25.8. The molecule has 0 saturated carbocycles. The fourth-order valence-corrected chi connectivity index (χ4v) is 5.74. The molecule has 0 unspecified atom stereocenters. The van der Waals surface area contributed by atoms with E-state index in [4.69, 9.17) is 16.3 Å². The molecular formula is C30H32ClN7O5S. The second-order valence-corrected chi connectivity index (χ2v) is 11.5. The van der Waals surface area contributed by atoms with Crippen molar-refractivity contribution in [2.24, 2.45) is 14.1 Å². The molecule has 0 radical (unpaired) electrons. The summed E-state index contributed by atoms with van der Waals surface area (Å²) in [6.07, 6.45) is 3.30. The van der Waals surface area contributed by atoms with Crippen LogP contribution in [0.15, 0.2) is 60.2 Å². The predicted octanol–water partition coefficient (Wildman–Crippen LogP) is 3.90. The number of hydrogen-bond donors (Lipinski definition) is 4. The third kappa shape index (κ3) is 7.55. The van der Waals surface area contributed by atoms with E-state index in [-0.39, 0.29) is 17.7 Å². The van der Waals surface area contributed by atoms with Crippen LogP contribution in [0, 0.1) is 0 Å². The van der Waals surface area contributed by atoms with E-state index < -0.39 is 5.91 Å². The van der Waals surface area contributed by atoms with Crippen LogP contribution in [0.1, 0.15) is 41.0 Å². The number of thiophene rings is 1. The van der Waals surface area contributed by atoms with Crippen molar-refractivity contribution in [1.82, 2.24) is 19.4 Å². The number of carbonyl (C=O) groups is 4. The standard InChI is InChI=1S/C30H32ClN7O5S/c1-36-18-22(15-24(36)28(40)32-8-9-38-10-12-43-13-11-38)35-29(41)25-16-21(17-37(25)2)34-27(39)19-3-5-20(6-4-19)33-30(42)26-23(31)7-14-44-26/h3-7,14-18H,8-13H2,1-2H3,(H,32,40)(H,33,42)(H,34,39)(H,35,41). The molecule has 14 heteroatoms. The topological polar surface area (TPSA) is 139 Å². The molecule has 1 aliphatic heterocycles. The number of amides is 4. The number of aryl methyl sites for hydroxylation is 2. The maximum absolute atomic E-state index is 13.1. The van der Waals surface area contributed by atoms with Gasteiger partial charge >= 0.3 is 0 Å². The smallest absolute Gasteiger partial charge is 0.272 e. The normalized spacial score (nSPS) is 13.3. The monoisotopic (exact) mass is 637 g/mol. The Morgan fingerprint density at radius 3 is 2.00 bits per heavy atom. The molecule has 0 atom stereocenters. The van der Waals surface area contributed by atoms with Gasteiger partial charge in [-0.3, -0.25) is 24.1 Å². The Morgan fingerprint density at radius 2 is 1.39 bits per heavy atom. The first-order valence-corrected chi connectivity index (χ1v) is 15.1. The maximum atomic E-state index is 13.1. The van der Waals surface area contributed by atoms with Gasteiger partial charge in [0, 0.05) is 63.9 Å². The number of nitrogens with one attached hydrogen (secondary N) is 4. The lowest BCUT2D eigenvalue weighted by Crippen LogP contribution is -2.41. The number of hydrogen-bond acceptors (Lipinski definition) is 7. The van der Waals surface area contributed by atoms with Crippen LogP contribution in [0.2, 0.25) is 5.02 Å².